The van der Waals surface area contributed by atoms with Crippen molar-refractivity contribution in [2.75, 3.05) is 11.4 Å². The summed E-state index contributed by atoms with van der Waals surface area (Å²) in [6.45, 7) is 1.14. The number of benzene rings is 1. The number of aromatic hydroxyl groups is 1. The topological polar surface area (TPSA) is 23.5 Å². The molecule has 2 aliphatic rings. The molecule has 1 heterocycles. The number of phenols is 1. The fraction of sp³-hybridized carbons (Fsp3) is 0.571. The van der Waals surface area contributed by atoms with Crippen LogP contribution in [0.2, 0.25) is 0 Å². The molecule has 1 aromatic rings. The Hall–Kier alpha value is -1.18. The van der Waals surface area contributed by atoms with Crippen LogP contribution in [0.5, 0.6) is 5.75 Å². The quantitative estimate of drug-likeness (QED) is 0.781. The molecule has 2 nitrogen and oxygen atoms in total. The first kappa shape index (κ1) is 10.0. The van der Waals surface area contributed by atoms with Crippen LogP contribution in [-0.4, -0.2) is 17.7 Å². The molecule has 0 spiro atoms. The zero-order valence-corrected chi connectivity index (χ0v) is 9.65. The average Bonchev–Trinajstić information content (AvgIpc) is 2.73. The maximum atomic E-state index is 9.47. The number of nitrogens with zero attached hydrogens (tertiary/aromatic N) is 1. The molecular weight excluding hydrogens is 198 g/mol. The predicted octanol–water partition coefficient (Wildman–Crippen LogP) is 3.09. The van der Waals surface area contributed by atoms with E-state index in [1.165, 1.54) is 43.4 Å². The van der Waals surface area contributed by atoms with Gasteiger partial charge in [-0.1, -0.05) is 19.3 Å². The maximum absolute atomic E-state index is 9.47. The van der Waals surface area contributed by atoms with E-state index in [4.69, 9.17) is 0 Å². The van der Waals surface area contributed by atoms with Gasteiger partial charge in [0.1, 0.15) is 5.75 Å². The standard InChI is InChI=1S/C14H19NO/c16-13-6-7-14-11(10-13)8-9-15(14)12-4-2-1-3-5-12/h6-7,10,12,16H,1-5,8-9H2. The van der Waals surface area contributed by atoms with Gasteiger partial charge < -0.3 is 10.0 Å². The van der Waals surface area contributed by atoms with Gasteiger partial charge in [-0.05, 0) is 43.0 Å². The minimum atomic E-state index is 0.407. The number of hydrogen-bond donors (Lipinski definition) is 1. The monoisotopic (exact) mass is 217 g/mol. The zero-order valence-electron chi connectivity index (χ0n) is 9.65. The summed E-state index contributed by atoms with van der Waals surface area (Å²) in [6.07, 6.45) is 7.97. The molecule has 16 heavy (non-hydrogen) atoms. The molecule has 0 bridgehead atoms. The molecule has 1 fully saturated rings. The molecule has 1 saturated carbocycles. The number of anilines is 1. The van der Waals surface area contributed by atoms with Crippen LogP contribution in [0.25, 0.3) is 0 Å². The Morgan fingerprint density at radius 1 is 1.12 bits per heavy atom. The van der Waals surface area contributed by atoms with Crippen molar-refractivity contribution in [1.82, 2.24) is 0 Å². The van der Waals surface area contributed by atoms with E-state index in [1.54, 1.807) is 0 Å². The lowest BCUT2D eigenvalue weighted by Crippen LogP contribution is -2.35. The zero-order chi connectivity index (χ0) is 11.0. The Kier molecular flexibility index (Phi) is 2.50. The second-order valence-electron chi connectivity index (χ2n) is 5.05. The Balaban J connectivity index is 1.84. The number of rotatable bonds is 1. The van der Waals surface area contributed by atoms with Crippen LogP contribution in [0.1, 0.15) is 37.7 Å². The van der Waals surface area contributed by atoms with Crippen LogP contribution in [0, 0.1) is 0 Å². The summed E-state index contributed by atoms with van der Waals surface area (Å²) in [6, 6.07) is 6.59. The van der Waals surface area contributed by atoms with Crippen molar-refractivity contribution in [3.8, 4) is 5.75 Å². The van der Waals surface area contributed by atoms with Crippen molar-refractivity contribution in [3.05, 3.63) is 23.8 Å². The van der Waals surface area contributed by atoms with E-state index >= 15 is 0 Å². The Labute approximate surface area is 96.9 Å². The van der Waals surface area contributed by atoms with E-state index < -0.39 is 0 Å². The summed E-state index contributed by atoms with van der Waals surface area (Å²) >= 11 is 0. The molecular formula is C14H19NO. The normalized spacial score (nSPS) is 21.1. The molecule has 0 radical (unpaired) electrons. The van der Waals surface area contributed by atoms with Gasteiger partial charge in [0.05, 0.1) is 0 Å². The Morgan fingerprint density at radius 3 is 2.75 bits per heavy atom. The second-order valence-corrected chi connectivity index (χ2v) is 5.05. The molecule has 1 aliphatic heterocycles. The van der Waals surface area contributed by atoms with Gasteiger partial charge in [0.15, 0.2) is 0 Å². The molecule has 0 unspecified atom stereocenters. The van der Waals surface area contributed by atoms with E-state index in [2.05, 4.69) is 11.0 Å². The molecule has 0 amide bonds. The molecule has 0 saturated heterocycles. The van der Waals surface area contributed by atoms with E-state index in [-0.39, 0.29) is 0 Å². The highest BCUT2D eigenvalue weighted by Crippen LogP contribution is 2.35. The molecule has 1 N–H and O–H groups in total. The summed E-state index contributed by atoms with van der Waals surface area (Å²) < 4.78 is 0. The van der Waals surface area contributed by atoms with Gasteiger partial charge in [-0.15, -0.1) is 0 Å². The SMILES string of the molecule is Oc1ccc2c(c1)CCN2C1CCCCC1. The second kappa shape index (κ2) is 4.00. The smallest absolute Gasteiger partial charge is 0.116 e. The summed E-state index contributed by atoms with van der Waals surface area (Å²) in [7, 11) is 0. The number of fused-ring (bicyclic) bond motifs is 1. The van der Waals surface area contributed by atoms with E-state index in [0.29, 0.717) is 5.75 Å². The van der Waals surface area contributed by atoms with Crippen molar-refractivity contribution in [1.29, 1.82) is 0 Å². The first-order valence-corrected chi connectivity index (χ1v) is 6.43. The highest BCUT2D eigenvalue weighted by atomic mass is 16.3. The van der Waals surface area contributed by atoms with Crippen molar-refractivity contribution < 1.29 is 5.11 Å². The first-order valence-electron chi connectivity index (χ1n) is 6.43. The first-order chi connectivity index (χ1) is 7.84. The van der Waals surface area contributed by atoms with Gasteiger partial charge in [-0.3, -0.25) is 0 Å². The lowest BCUT2D eigenvalue weighted by atomic mass is 9.94. The predicted molar refractivity (Wildman–Crippen MR) is 66.0 cm³/mol. The lowest BCUT2D eigenvalue weighted by Gasteiger charge is -2.33. The number of hydrogen-bond acceptors (Lipinski definition) is 2. The minimum Gasteiger partial charge on any atom is -0.508 e. The maximum Gasteiger partial charge on any atom is 0.116 e. The molecule has 86 valence electrons. The summed E-state index contributed by atoms with van der Waals surface area (Å²) in [5.41, 5.74) is 2.69. The largest absolute Gasteiger partial charge is 0.508 e. The number of phenolic OH excluding ortho intramolecular Hbond substituents is 1. The fourth-order valence-corrected chi connectivity index (χ4v) is 3.19. The summed E-state index contributed by atoms with van der Waals surface area (Å²) in [5, 5.41) is 9.47. The van der Waals surface area contributed by atoms with Crippen LogP contribution < -0.4 is 4.90 Å². The van der Waals surface area contributed by atoms with Gasteiger partial charge in [0, 0.05) is 18.3 Å². The van der Waals surface area contributed by atoms with Crippen LogP contribution in [-0.2, 0) is 6.42 Å². The van der Waals surface area contributed by atoms with Crippen molar-refractivity contribution in [2.24, 2.45) is 0 Å². The molecule has 0 atom stereocenters. The van der Waals surface area contributed by atoms with Crippen molar-refractivity contribution in [3.63, 3.8) is 0 Å². The molecule has 0 aromatic heterocycles. The van der Waals surface area contributed by atoms with E-state index in [0.717, 1.165) is 19.0 Å². The Morgan fingerprint density at radius 2 is 1.94 bits per heavy atom. The molecule has 1 aliphatic carbocycles. The minimum absolute atomic E-state index is 0.407. The highest BCUT2D eigenvalue weighted by molar-refractivity contribution is 5.60. The van der Waals surface area contributed by atoms with E-state index in [9.17, 15) is 5.11 Å². The third kappa shape index (κ3) is 1.66. The molecule has 1 aromatic carbocycles. The third-order valence-electron chi connectivity index (χ3n) is 4.01. The highest BCUT2D eigenvalue weighted by Gasteiger charge is 2.27. The van der Waals surface area contributed by atoms with Gasteiger partial charge in [0.2, 0.25) is 0 Å². The van der Waals surface area contributed by atoms with Gasteiger partial charge >= 0.3 is 0 Å². The molecule has 2 heteroatoms. The molecule has 3 rings (SSSR count). The lowest BCUT2D eigenvalue weighted by molar-refractivity contribution is 0.420. The fourth-order valence-electron chi connectivity index (χ4n) is 3.19. The van der Waals surface area contributed by atoms with Crippen molar-refractivity contribution in [2.45, 2.75) is 44.6 Å². The van der Waals surface area contributed by atoms with Crippen LogP contribution in [0.3, 0.4) is 0 Å². The van der Waals surface area contributed by atoms with Crippen LogP contribution in [0.15, 0.2) is 18.2 Å². The summed E-state index contributed by atoms with van der Waals surface area (Å²) in [4.78, 5) is 2.56. The van der Waals surface area contributed by atoms with Crippen LogP contribution >= 0.6 is 0 Å². The average molecular weight is 217 g/mol. The van der Waals surface area contributed by atoms with Crippen molar-refractivity contribution >= 4 is 5.69 Å². The third-order valence-corrected chi connectivity index (χ3v) is 4.01. The van der Waals surface area contributed by atoms with Crippen LogP contribution in [0.4, 0.5) is 5.69 Å². The summed E-state index contributed by atoms with van der Waals surface area (Å²) in [5.74, 6) is 0.407. The van der Waals surface area contributed by atoms with Gasteiger partial charge in [-0.2, -0.15) is 0 Å². The van der Waals surface area contributed by atoms with Gasteiger partial charge in [-0.25, -0.2) is 0 Å². The Bertz CT molecular complexity index is 382. The van der Waals surface area contributed by atoms with Gasteiger partial charge in [0.25, 0.3) is 0 Å². The van der Waals surface area contributed by atoms with E-state index in [1.807, 2.05) is 12.1 Å².